The number of aromatic nitrogens is 3. The van der Waals surface area contributed by atoms with Crippen LogP contribution in [0.15, 0.2) is 35.2 Å². The Morgan fingerprint density at radius 3 is 3.11 bits per heavy atom. The second-order valence-electron chi connectivity index (χ2n) is 3.78. The van der Waals surface area contributed by atoms with Gasteiger partial charge < -0.3 is 10.1 Å². The minimum absolute atomic E-state index is 0.705. The first-order valence-corrected chi connectivity index (χ1v) is 6.44. The van der Waals surface area contributed by atoms with Crippen LogP contribution in [0.2, 0.25) is 0 Å². The molecule has 96 valence electrons. The highest BCUT2D eigenvalue weighted by Gasteiger charge is 2.01. The first kappa shape index (κ1) is 13.2. The Hall–Kier alpha value is -1.24. The summed E-state index contributed by atoms with van der Waals surface area (Å²) < 4.78 is 7.72. The molecule has 2 heterocycles. The van der Waals surface area contributed by atoms with Crippen LogP contribution in [0.25, 0.3) is 5.69 Å². The topological polar surface area (TPSA) is 52.0 Å². The number of nitrogens with zero attached hydrogens (tertiary/aromatic N) is 3. The number of nitrogens with one attached hydrogen (secondary N) is 1. The Bertz CT molecular complexity index is 500. The standard InChI is InChI=1S/C12H15BrN4O/c1-18-5-3-14-8-11-2-4-17(16-11)12-6-10(13)7-15-9-12/h2,4,6-7,9,14H,3,5,8H2,1H3. The summed E-state index contributed by atoms with van der Waals surface area (Å²) in [5, 5.41) is 7.72. The third-order valence-electron chi connectivity index (χ3n) is 2.39. The fraction of sp³-hybridized carbons (Fsp3) is 0.333. The lowest BCUT2D eigenvalue weighted by Crippen LogP contribution is -2.18. The summed E-state index contributed by atoms with van der Waals surface area (Å²) >= 11 is 3.40. The van der Waals surface area contributed by atoms with Crippen molar-refractivity contribution in [2.45, 2.75) is 6.54 Å². The van der Waals surface area contributed by atoms with E-state index in [1.807, 2.05) is 23.0 Å². The van der Waals surface area contributed by atoms with Crippen LogP contribution in [0.4, 0.5) is 0 Å². The Morgan fingerprint density at radius 2 is 2.33 bits per heavy atom. The zero-order valence-corrected chi connectivity index (χ0v) is 11.7. The minimum atomic E-state index is 0.705. The summed E-state index contributed by atoms with van der Waals surface area (Å²) in [6.45, 7) is 2.26. The molecule has 0 unspecified atom stereocenters. The molecule has 6 heteroatoms. The van der Waals surface area contributed by atoms with E-state index in [0.29, 0.717) is 6.61 Å². The van der Waals surface area contributed by atoms with Crippen molar-refractivity contribution in [1.82, 2.24) is 20.1 Å². The fourth-order valence-electron chi connectivity index (χ4n) is 1.52. The molecule has 0 aliphatic rings. The first-order valence-electron chi connectivity index (χ1n) is 5.65. The summed E-state index contributed by atoms with van der Waals surface area (Å²) in [6, 6.07) is 3.96. The molecular formula is C12H15BrN4O. The predicted octanol–water partition coefficient (Wildman–Crippen LogP) is 1.77. The molecule has 0 aliphatic carbocycles. The number of hydrogen-bond donors (Lipinski definition) is 1. The highest BCUT2D eigenvalue weighted by Crippen LogP contribution is 2.13. The van der Waals surface area contributed by atoms with Crippen LogP contribution >= 0.6 is 15.9 Å². The van der Waals surface area contributed by atoms with Crippen LogP contribution in [-0.2, 0) is 11.3 Å². The molecule has 0 spiro atoms. The molecule has 0 aliphatic heterocycles. The van der Waals surface area contributed by atoms with E-state index in [0.717, 1.165) is 28.9 Å². The second-order valence-corrected chi connectivity index (χ2v) is 4.70. The van der Waals surface area contributed by atoms with E-state index in [4.69, 9.17) is 4.74 Å². The van der Waals surface area contributed by atoms with Gasteiger partial charge in [0.25, 0.3) is 0 Å². The van der Waals surface area contributed by atoms with Crippen molar-refractivity contribution in [2.24, 2.45) is 0 Å². The molecule has 2 rings (SSSR count). The maximum atomic E-state index is 4.97. The third kappa shape index (κ3) is 3.63. The highest BCUT2D eigenvalue weighted by atomic mass is 79.9. The summed E-state index contributed by atoms with van der Waals surface area (Å²) in [6.07, 6.45) is 5.46. The second kappa shape index (κ2) is 6.63. The van der Waals surface area contributed by atoms with E-state index >= 15 is 0 Å². The maximum Gasteiger partial charge on any atom is 0.0840 e. The van der Waals surface area contributed by atoms with Crippen LogP contribution in [0, 0.1) is 0 Å². The Balaban J connectivity index is 1.97. The van der Waals surface area contributed by atoms with E-state index in [1.165, 1.54) is 0 Å². The zero-order valence-electron chi connectivity index (χ0n) is 10.1. The minimum Gasteiger partial charge on any atom is -0.383 e. The Labute approximate surface area is 114 Å². The van der Waals surface area contributed by atoms with Gasteiger partial charge in [0, 0.05) is 37.1 Å². The van der Waals surface area contributed by atoms with Gasteiger partial charge in [-0.25, -0.2) is 4.68 Å². The van der Waals surface area contributed by atoms with Gasteiger partial charge in [-0.1, -0.05) is 0 Å². The third-order valence-corrected chi connectivity index (χ3v) is 2.82. The molecule has 0 amide bonds. The quantitative estimate of drug-likeness (QED) is 0.826. The maximum absolute atomic E-state index is 4.97. The van der Waals surface area contributed by atoms with Crippen molar-refractivity contribution in [3.8, 4) is 5.69 Å². The van der Waals surface area contributed by atoms with Gasteiger partial charge in [0.15, 0.2) is 0 Å². The lowest BCUT2D eigenvalue weighted by molar-refractivity contribution is 0.199. The lowest BCUT2D eigenvalue weighted by Gasteiger charge is -2.02. The molecule has 0 saturated heterocycles. The molecule has 0 bridgehead atoms. The smallest absolute Gasteiger partial charge is 0.0840 e. The SMILES string of the molecule is COCCNCc1ccn(-c2cncc(Br)c2)n1. The Kier molecular flexibility index (Phi) is 4.86. The molecule has 5 nitrogen and oxygen atoms in total. The summed E-state index contributed by atoms with van der Waals surface area (Å²) in [5.41, 5.74) is 1.93. The molecular weight excluding hydrogens is 296 g/mol. The van der Waals surface area contributed by atoms with Gasteiger partial charge in [-0.05, 0) is 28.1 Å². The van der Waals surface area contributed by atoms with Crippen molar-refractivity contribution in [1.29, 1.82) is 0 Å². The van der Waals surface area contributed by atoms with Crippen molar-refractivity contribution in [3.05, 3.63) is 40.9 Å². The number of ether oxygens (including phenoxy) is 1. The van der Waals surface area contributed by atoms with Gasteiger partial charge in [0.1, 0.15) is 0 Å². The summed E-state index contributed by atoms with van der Waals surface area (Å²) in [5.74, 6) is 0. The van der Waals surface area contributed by atoms with Gasteiger partial charge in [0.2, 0.25) is 0 Å². The van der Waals surface area contributed by atoms with E-state index in [1.54, 1.807) is 19.5 Å². The normalized spacial score (nSPS) is 10.8. The molecule has 2 aromatic rings. The van der Waals surface area contributed by atoms with Crippen LogP contribution in [0.3, 0.4) is 0 Å². The van der Waals surface area contributed by atoms with Crippen molar-refractivity contribution in [3.63, 3.8) is 0 Å². The Morgan fingerprint density at radius 1 is 1.44 bits per heavy atom. The molecule has 1 N–H and O–H groups in total. The van der Waals surface area contributed by atoms with E-state index in [2.05, 4.69) is 31.3 Å². The van der Waals surface area contributed by atoms with Gasteiger partial charge in [-0.2, -0.15) is 5.10 Å². The van der Waals surface area contributed by atoms with E-state index in [9.17, 15) is 0 Å². The average molecular weight is 311 g/mol. The number of pyridine rings is 1. The number of rotatable bonds is 6. The fourth-order valence-corrected chi connectivity index (χ4v) is 1.87. The van der Waals surface area contributed by atoms with Gasteiger partial charge >= 0.3 is 0 Å². The monoisotopic (exact) mass is 310 g/mol. The lowest BCUT2D eigenvalue weighted by atomic mass is 10.4. The van der Waals surface area contributed by atoms with Crippen LogP contribution in [0.1, 0.15) is 5.69 Å². The predicted molar refractivity (Wildman–Crippen MR) is 72.6 cm³/mol. The van der Waals surface area contributed by atoms with Crippen LogP contribution in [0.5, 0.6) is 0 Å². The van der Waals surface area contributed by atoms with Crippen LogP contribution < -0.4 is 5.32 Å². The van der Waals surface area contributed by atoms with Crippen molar-refractivity contribution in [2.75, 3.05) is 20.3 Å². The molecule has 0 atom stereocenters. The average Bonchev–Trinajstić information content (AvgIpc) is 2.83. The van der Waals surface area contributed by atoms with Crippen molar-refractivity contribution >= 4 is 15.9 Å². The summed E-state index contributed by atoms with van der Waals surface area (Å²) in [4.78, 5) is 4.12. The zero-order chi connectivity index (χ0) is 12.8. The molecule has 0 radical (unpaired) electrons. The van der Waals surface area contributed by atoms with Crippen molar-refractivity contribution < 1.29 is 4.74 Å². The van der Waals surface area contributed by atoms with E-state index < -0.39 is 0 Å². The number of methoxy groups -OCH3 is 1. The molecule has 2 aromatic heterocycles. The van der Waals surface area contributed by atoms with E-state index in [-0.39, 0.29) is 0 Å². The number of hydrogen-bond acceptors (Lipinski definition) is 4. The van der Waals surface area contributed by atoms with Gasteiger partial charge in [-0.3, -0.25) is 4.98 Å². The highest BCUT2D eigenvalue weighted by molar-refractivity contribution is 9.10. The summed E-state index contributed by atoms with van der Waals surface area (Å²) in [7, 11) is 1.69. The van der Waals surface area contributed by atoms with Gasteiger partial charge in [0.05, 0.1) is 24.2 Å². The van der Waals surface area contributed by atoms with Gasteiger partial charge in [-0.15, -0.1) is 0 Å². The molecule has 0 fully saturated rings. The molecule has 18 heavy (non-hydrogen) atoms. The largest absolute Gasteiger partial charge is 0.383 e. The van der Waals surface area contributed by atoms with Crippen LogP contribution in [-0.4, -0.2) is 35.0 Å². The number of halogens is 1. The molecule has 0 saturated carbocycles. The first-order chi connectivity index (χ1) is 8.79. The molecule has 0 aromatic carbocycles.